The summed E-state index contributed by atoms with van der Waals surface area (Å²) in [5, 5.41) is 0.262. The van der Waals surface area contributed by atoms with Gasteiger partial charge in [-0.1, -0.05) is 11.6 Å². The van der Waals surface area contributed by atoms with Crippen molar-refractivity contribution in [2.45, 2.75) is 18.6 Å². The Labute approximate surface area is 121 Å². The van der Waals surface area contributed by atoms with Gasteiger partial charge in [-0.05, 0) is 6.07 Å². The third-order valence-electron chi connectivity index (χ3n) is 3.76. The number of ether oxygens (including phenoxy) is 2. The summed E-state index contributed by atoms with van der Waals surface area (Å²) in [6.45, 7) is 2.41. The Kier molecular flexibility index (Phi) is 3.54. The Morgan fingerprint density at radius 2 is 2.00 bits per heavy atom. The predicted octanol–water partition coefficient (Wildman–Crippen LogP) is 1.30. The van der Waals surface area contributed by atoms with Crippen LogP contribution in [0.2, 0.25) is 5.15 Å². The number of carbonyl (C=O) groups excluding carboxylic acids is 1. The number of nitrogens with zero attached hydrogens (tertiary/aromatic N) is 2. The Morgan fingerprint density at radius 1 is 1.35 bits per heavy atom. The molecule has 7 heteroatoms. The molecule has 0 saturated carbocycles. The predicted molar refractivity (Wildman–Crippen MR) is 73.4 cm³/mol. The highest BCUT2D eigenvalue weighted by molar-refractivity contribution is 6.29. The van der Waals surface area contributed by atoms with Gasteiger partial charge in [0.2, 0.25) is 0 Å². The zero-order valence-corrected chi connectivity index (χ0v) is 11.7. The van der Waals surface area contributed by atoms with Crippen molar-refractivity contribution in [2.24, 2.45) is 0 Å². The van der Waals surface area contributed by atoms with Crippen LogP contribution >= 0.6 is 11.6 Å². The van der Waals surface area contributed by atoms with Crippen LogP contribution in [0, 0.1) is 0 Å². The highest BCUT2D eigenvalue weighted by Crippen LogP contribution is 2.32. The molecular formula is C13H16ClN3O3. The molecule has 3 heterocycles. The first kappa shape index (κ1) is 13.6. The number of aromatic nitrogens is 1. The van der Waals surface area contributed by atoms with E-state index in [1.165, 1.54) is 12.3 Å². The van der Waals surface area contributed by atoms with Gasteiger partial charge in [0.25, 0.3) is 5.91 Å². The number of nitrogens with two attached hydrogens (primary N) is 1. The molecule has 0 radical (unpaired) electrons. The molecule has 3 rings (SSSR count). The first-order chi connectivity index (χ1) is 9.60. The molecule has 0 bridgehead atoms. The van der Waals surface area contributed by atoms with Gasteiger partial charge in [-0.25, -0.2) is 4.98 Å². The van der Waals surface area contributed by atoms with Crippen LogP contribution < -0.4 is 5.73 Å². The molecule has 20 heavy (non-hydrogen) atoms. The second-order valence-corrected chi connectivity index (χ2v) is 5.38. The number of amides is 1. The lowest BCUT2D eigenvalue weighted by Gasteiger charge is -2.37. The SMILES string of the molecule is Nc1cnc(Cl)cc1C(=O)N1CCC2(CC1)OCCO2. The van der Waals surface area contributed by atoms with E-state index in [2.05, 4.69) is 4.98 Å². The summed E-state index contributed by atoms with van der Waals surface area (Å²) in [6.07, 6.45) is 2.76. The summed E-state index contributed by atoms with van der Waals surface area (Å²) in [5.74, 6) is -0.613. The van der Waals surface area contributed by atoms with E-state index in [1.54, 1.807) is 4.90 Å². The topological polar surface area (TPSA) is 77.7 Å². The Hall–Kier alpha value is -1.37. The normalized spacial score (nSPS) is 21.4. The minimum Gasteiger partial charge on any atom is -0.397 e. The average Bonchev–Trinajstić information content (AvgIpc) is 2.90. The molecule has 0 unspecified atom stereocenters. The van der Waals surface area contributed by atoms with Crippen LogP contribution in [-0.2, 0) is 9.47 Å². The third kappa shape index (κ3) is 2.46. The number of nitrogen functional groups attached to an aromatic ring is 1. The number of hydrogen-bond donors (Lipinski definition) is 1. The van der Waals surface area contributed by atoms with Crippen molar-refractivity contribution in [1.29, 1.82) is 0 Å². The number of halogens is 1. The molecule has 1 aromatic heterocycles. The van der Waals surface area contributed by atoms with Crippen molar-refractivity contribution >= 4 is 23.2 Å². The average molecular weight is 298 g/mol. The Bertz CT molecular complexity index is 522. The summed E-state index contributed by atoms with van der Waals surface area (Å²) in [6, 6.07) is 1.51. The summed E-state index contributed by atoms with van der Waals surface area (Å²) in [4.78, 5) is 18.1. The van der Waals surface area contributed by atoms with Gasteiger partial charge < -0.3 is 20.1 Å². The van der Waals surface area contributed by atoms with Crippen LogP contribution in [0.15, 0.2) is 12.3 Å². The molecule has 2 N–H and O–H groups in total. The fraction of sp³-hybridized carbons (Fsp3) is 0.538. The van der Waals surface area contributed by atoms with Crippen LogP contribution in [-0.4, -0.2) is 47.9 Å². The van der Waals surface area contributed by atoms with E-state index in [1.807, 2.05) is 0 Å². The lowest BCUT2D eigenvalue weighted by molar-refractivity contribution is -0.181. The van der Waals surface area contributed by atoms with E-state index in [-0.39, 0.29) is 11.1 Å². The number of carbonyl (C=O) groups is 1. The van der Waals surface area contributed by atoms with Crippen molar-refractivity contribution in [3.63, 3.8) is 0 Å². The minimum absolute atomic E-state index is 0.125. The van der Waals surface area contributed by atoms with E-state index >= 15 is 0 Å². The van der Waals surface area contributed by atoms with Gasteiger partial charge in [-0.2, -0.15) is 0 Å². The number of hydrogen-bond acceptors (Lipinski definition) is 5. The number of pyridine rings is 1. The fourth-order valence-corrected chi connectivity index (χ4v) is 2.79. The highest BCUT2D eigenvalue weighted by atomic mass is 35.5. The first-order valence-electron chi connectivity index (χ1n) is 6.58. The first-order valence-corrected chi connectivity index (χ1v) is 6.96. The van der Waals surface area contributed by atoms with Gasteiger partial charge in [-0.15, -0.1) is 0 Å². The van der Waals surface area contributed by atoms with Crippen molar-refractivity contribution < 1.29 is 14.3 Å². The molecule has 6 nitrogen and oxygen atoms in total. The molecule has 0 atom stereocenters. The maximum atomic E-state index is 12.5. The molecule has 1 spiro atoms. The van der Waals surface area contributed by atoms with E-state index in [4.69, 9.17) is 26.8 Å². The number of likely N-dealkylation sites (tertiary alicyclic amines) is 1. The van der Waals surface area contributed by atoms with Crippen molar-refractivity contribution in [3.8, 4) is 0 Å². The molecule has 2 saturated heterocycles. The van der Waals surface area contributed by atoms with Crippen molar-refractivity contribution in [3.05, 3.63) is 23.0 Å². The Morgan fingerprint density at radius 3 is 2.65 bits per heavy atom. The third-order valence-corrected chi connectivity index (χ3v) is 3.96. The summed E-state index contributed by atoms with van der Waals surface area (Å²) in [7, 11) is 0. The molecular weight excluding hydrogens is 282 g/mol. The number of anilines is 1. The molecule has 108 valence electrons. The van der Waals surface area contributed by atoms with Crippen molar-refractivity contribution in [1.82, 2.24) is 9.88 Å². The van der Waals surface area contributed by atoms with Gasteiger partial charge in [0.15, 0.2) is 5.79 Å². The highest BCUT2D eigenvalue weighted by Gasteiger charge is 2.41. The van der Waals surface area contributed by atoms with Crippen LogP contribution in [0.5, 0.6) is 0 Å². The van der Waals surface area contributed by atoms with Crippen LogP contribution in [0.1, 0.15) is 23.2 Å². The standard InChI is InChI=1S/C13H16ClN3O3/c14-11-7-9(10(15)8-16-11)12(18)17-3-1-13(2-4-17)19-5-6-20-13/h7-8H,1-6,15H2. The monoisotopic (exact) mass is 297 g/mol. The second kappa shape index (κ2) is 5.20. The van der Waals surface area contributed by atoms with E-state index in [0.29, 0.717) is 50.4 Å². The molecule has 1 aromatic rings. The quantitative estimate of drug-likeness (QED) is 0.791. The molecule has 0 aliphatic carbocycles. The van der Waals surface area contributed by atoms with Crippen LogP contribution in [0.4, 0.5) is 5.69 Å². The van der Waals surface area contributed by atoms with Gasteiger partial charge in [-0.3, -0.25) is 4.79 Å². The zero-order chi connectivity index (χ0) is 14.2. The second-order valence-electron chi connectivity index (χ2n) is 4.99. The Balaban J connectivity index is 1.71. The largest absolute Gasteiger partial charge is 0.397 e. The molecule has 1 amide bonds. The number of rotatable bonds is 1. The smallest absolute Gasteiger partial charge is 0.256 e. The summed E-state index contributed by atoms with van der Waals surface area (Å²) >= 11 is 5.82. The number of piperidine rings is 1. The maximum Gasteiger partial charge on any atom is 0.256 e. The molecule has 2 aliphatic heterocycles. The summed E-state index contributed by atoms with van der Waals surface area (Å²) < 4.78 is 11.3. The molecule has 2 aliphatic rings. The lowest BCUT2D eigenvalue weighted by atomic mass is 10.0. The maximum absolute atomic E-state index is 12.5. The van der Waals surface area contributed by atoms with Crippen molar-refractivity contribution in [2.75, 3.05) is 32.0 Å². The van der Waals surface area contributed by atoms with E-state index < -0.39 is 5.79 Å². The lowest BCUT2D eigenvalue weighted by Crippen LogP contribution is -2.47. The van der Waals surface area contributed by atoms with Gasteiger partial charge in [0.1, 0.15) is 5.15 Å². The van der Waals surface area contributed by atoms with E-state index in [9.17, 15) is 4.79 Å². The van der Waals surface area contributed by atoms with E-state index in [0.717, 1.165) is 0 Å². The van der Waals surface area contributed by atoms with Crippen LogP contribution in [0.25, 0.3) is 0 Å². The zero-order valence-electron chi connectivity index (χ0n) is 11.0. The van der Waals surface area contributed by atoms with Gasteiger partial charge in [0.05, 0.1) is 30.7 Å². The van der Waals surface area contributed by atoms with Gasteiger partial charge >= 0.3 is 0 Å². The molecule has 2 fully saturated rings. The fourth-order valence-electron chi connectivity index (χ4n) is 2.63. The summed E-state index contributed by atoms with van der Waals surface area (Å²) in [5.41, 5.74) is 6.53. The minimum atomic E-state index is -0.488. The molecule has 0 aromatic carbocycles. The van der Waals surface area contributed by atoms with Gasteiger partial charge in [0, 0.05) is 25.9 Å². The van der Waals surface area contributed by atoms with Crippen LogP contribution in [0.3, 0.4) is 0 Å².